The number of hydrogen-bond acceptors (Lipinski definition) is 7. The number of nitrogens with two attached hydrogens (primary N) is 1. The first-order chi connectivity index (χ1) is 15.4. The second-order valence-electron chi connectivity index (χ2n) is 7.15. The van der Waals surface area contributed by atoms with Crippen molar-refractivity contribution in [1.82, 2.24) is 9.97 Å². The number of aromatic nitrogens is 2. The van der Waals surface area contributed by atoms with Gasteiger partial charge in [0.1, 0.15) is 11.6 Å². The number of hydrogen-bond donors (Lipinski definition) is 4. The van der Waals surface area contributed by atoms with Gasteiger partial charge in [-0.15, -0.1) is 0 Å². The van der Waals surface area contributed by atoms with Crippen molar-refractivity contribution in [2.24, 2.45) is 0 Å². The Morgan fingerprint density at radius 3 is 2.69 bits per heavy atom. The molecule has 4 aromatic rings. The molecule has 6 nitrogen and oxygen atoms in total. The van der Waals surface area contributed by atoms with Gasteiger partial charge in [0.15, 0.2) is 0 Å². The molecule has 0 spiro atoms. The van der Waals surface area contributed by atoms with Crippen LogP contribution in [0.4, 0.5) is 17.3 Å². The number of fused-ring (bicyclic) bond motifs is 1. The highest BCUT2D eigenvalue weighted by Crippen LogP contribution is 2.37. The summed E-state index contributed by atoms with van der Waals surface area (Å²) in [5, 5.41) is 14.4. The van der Waals surface area contributed by atoms with Crippen molar-refractivity contribution in [3.8, 4) is 11.1 Å². The van der Waals surface area contributed by atoms with Gasteiger partial charge in [0.25, 0.3) is 0 Å². The number of aliphatic hydroxyl groups is 1. The molecule has 5 N–H and O–H groups in total. The summed E-state index contributed by atoms with van der Waals surface area (Å²) >= 11 is 13.9. The van der Waals surface area contributed by atoms with Crippen LogP contribution >= 0.6 is 35.1 Å². The maximum atomic E-state index is 9.49. The van der Waals surface area contributed by atoms with Crippen molar-refractivity contribution in [2.45, 2.75) is 18.4 Å². The molecule has 164 valence electrons. The minimum absolute atomic E-state index is 0.180. The van der Waals surface area contributed by atoms with E-state index in [-0.39, 0.29) is 6.61 Å². The Balaban J connectivity index is 1.68. The normalized spacial score (nSPS) is 11.0. The number of halogens is 2. The van der Waals surface area contributed by atoms with Crippen molar-refractivity contribution in [3.63, 3.8) is 0 Å². The minimum Gasteiger partial charge on any atom is -0.392 e. The largest absolute Gasteiger partial charge is 0.392 e. The van der Waals surface area contributed by atoms with Gasteiger partial charge in [-0.2, -0.15) is 0 Å². The third kappa shape index (κ3) is 4.42. The molecular weight excluding hydrogens is 465 g/mol. The number of nitrogens with one attached hydrogen (secondary N) is 2. The van der Waals surface area contributed by atoms with Gasteiger partial charge in [-0.1, -0.05) is 35.3 Å². The number of anilines is 3. The van der Waals surface area contributed by atoms with Gasteiger partial charge in [-0.3, -0.25) is 0 Å². The van der Waals surface area contributed by atoms with E-state index in [1.54, 1.807) is 18.3 Å². The number of benzene rings is 2. The van der Waals surface area contributed by atoms with Crippen LogP contribution in [0.15, 0.2) is 53.6 Å². The molecule has 0 saturated heterocycles. The van der Waals surface area contributed by atoms with Crippen molar-refractivity contribution < 1.29 is 5.11 Å². The molecule has 2 heterocycles. The maximum absolute atomic E-state index is 9.49. The fraction of sp³-hybridized carbons (Fsp3) is 0.130. The third-order valence-electron chi connectivity index (χ3n) is 5.13. The molecule has 0 unspecified atom stereocenters. The molecule has 0 aliphatic rings. The quantitative estimate of drug-likeness (QED) is 0.243. The highest BCUT2D eigenvalue weighted by atomic mass is 35.5. The SMILES string of the molecule is CNc1cc2nc(N)c(-c3cccc(NSc4cc(Cl)cc(CO)c4Cl)c3C)cc2cn1. The van der Waals surface area contributed by atoms with E-state index in [9.17, 15) is 5.11 Å². The van der Waals surface area contributed by atoms with Crippen LogP contribution in [0.1, 0.15) is 11.1 Å². The van der Waals surface area contributed by atoms with Crippen LogP contribution in [0.5, 0.6) is 0 Å². The van der Waals surface area contributed by atoms with Gasteiger partial charge in [-0.25, -0.2) is 9.97 Å². The van der Waals surface area contributed by atoms with Gasteiger partial charge < -0.3 is 20.9 Å². The van der Waals surface area contributed by atoms with Crippen LogP contribution in [0.25, 0.3) is 22.0 Å². The van der Waals surface area contributed by atoms with Crippen LogP contribution in [-0.2, 0) is 6.61 Å². The van der Waals surface area contributed by atoms with Crippen molar-refractivity contribution >= 4 is 63.4 Å². The fourth-order valence-electron chi connectivity index (χ4n) is 3.39. The van der Waals surface area contributed by atoms with Gasteiger partial charge in [-0.05, 0) is 59.8 Å². The summed E-state index contributed by atoms with van der Waals surface area (Å²) < 4.78 is 3.34. The molecule has 0 atom stereocenters. The Morgan fingerprint density at radius 1 is 1.12 bits per heavy atom. The lowest BCUT2D eigenvalue weighted by molar-refractivity contribution is 0.281. The van der Waals surface area contributed by atoms with E-state index in [2.05, 4.69) is 20.0 Å². The fourth-order valence-corrected chi connectivity index (χ4v) is 4.83. The van der Waals surface area contributed by atoms with E-state index >= 15 is 0 Å². The Labute approximate surface area is 200 Å². The standard InChI is InChI=1S/C23H21Cl2N5OS/c1-12-16(17-7-13-10-28-21(27-2)9-19(13)29-23(17)26)4-3-5-18(12)30-32-20-8-15(24)6-14(11-31)22(20)25/h3-10,30-31H,11H2,1-2H3,(H2,26,29)(H,27,28). The Hall–Kier alpha value is -2.71. The summed E-state index contributed by atoms with van der Waals surface area (Å²) in [6.45, 7) is 1.84. The monoisotopic (exact) mass is 485 g/mol. The number of pyridine rings is 2. The highest BCUT2D eigenvalue weighted by molar-refractivity contribution is 8.00. The molecule has 32 heavy (non-hydrogen) atoms. The lowest BCUT2D eigenvalue weighted by Gasteiger charge is -2.16. The second kappa shape index (κ2) is 9.42. The average Bonchev–Trinajstić information content (AvgIpc) is 2.79. The van der Waals surface area contributed by atoms with Crippen LogP contribution in [0, 0.1) is 6.92 Å². The number of nitrogens with zero attached hydrogens (tertiary/aromatic N) is 2. The predicted octanol–water partition coefficient (Wildman–Crippen LogP) is 6.15. The van der Waals surface area contributed by atoms with Crippen molar-refractivity contribution in [2.75, 3.05) is 22.8 Å². The zero-order valence-electron chi connectivity index (χ0n) is 17.4. The third-order valence-corrected chi connectivity index (χ3v) is 6.77. The van der Waals surface area contributed by atoms with E-state index in [0.717, 1.165) is 44.0 Å². The highest BCUT2D eigenvalue weighted by Gasteiger charge is 2.14. The van der Waals surface area contributed by atoms with Gasteiger partial charge in [0, 0.05) is 45.9 Å². The number of aliphatic hydroxyl groups excluding tert-OH is 1. The first-order valence-electron chi connectivity index (χ1n) is 9.77. The van der Waals surface area contributed by atoms with Gasteiger partial charge in [0.2, 0.25) is 0 Å². The van der Waals surface area contributed by atoms with Crippen molar-refractivity contribution in [3.05, 3.63) is 69.8 Å². The van der Waals surface area contributed by atoms with E-state index in [1.165, 1.54) is 11.9 Å². The molecule has 0 aliphatic heterocycles. The smallest absolute Gasteiger partial charge is 0.132 e. The first kappa shape index (κ1) is 22.5. The molecule has 0 fully saturated rings. The molecule has 0 aliphatic carbocycles. The lowest BCUT2D eigenvalue weighted by atomic mass is 9.99. The van der Waals surface area contributed by atoms with Crippen molar-refractivity contribution in [1.29, 1.82) is 0 Å². The lowest BCUT2D eigenvalue weighted by Crippen LogP contribution is -1.99. The molecule has 0 saturated carbocycles. The molecule has 4 rings (SSSR count). The zero-order valence-corrected chi connectivity index (χ0v) is 19.7. The Bertz CT molecular complexity index is 1320. The second-order valence-corrected chi connectivity index (χ2v) is 8.81. The maximum Gasteiger partial charge on any atom is 0.132 e. The molecule has 0 amide bonds. The van der Waals surface area contributed by atoms with Crippen LogP contribution in [0.3, 0.4) is 0 Å². The van der Waals surface area contributed by atoms with E-state index in [1.807, 2.05) is 44.3 Å². The molecular formula is C23H21Cl2N5OS. The van der Waals surface area contributed by atoms with Crippen LogP contribution in [-0.4, -0.2) is 22.1 Å². The van der Waals surface area contributed by atoms with Crippen LogP contribution in [0.2, 0.25) is 10.0 Å². The minimum atomic E-state index is -0.180. The first-order valence-corrected chi connectivity index (χ1v) is 11.3. The molecule has 2 aromatic heterocycles. The predicted molar refractivity (Wildman–Crippen MR) is 136 cm³/mol. The number of rotatable bonds is 6. The number of nitrogen functional groups attached to an aromatic ring is 1. The van der Waals surface area contributed by atoms with E-state index in [4.69, 9.17) is 28.9 Å². The summed E-state index contributed by atoms with van der Waals surface area (Å²) in [7, 11) is 1.81. The molecule has 0 bridgehead atoms. The Morgan fingerprint density at radius 2 is 1.94 bits per heavy atom. The summed E-state index contributed by atoms with van der Waals surface area (Å²) in [4.78, 5) is 9.68. The summed E-state index contributed by atoms with van der Waals surface area (Å²) in [6.07, 6.45) is 1.78. The van der Waals surface area contributed by atoms with Gasteiger partial charge >= 0.3 is 0 Å². The zero-order chi connectivity index (χ0) is 22.8. The average molecular weight is 486 g/mol. The molecule has 0 radical (unpaired) electrons. The Kier molecular flexibility index (Phi) is 6.62. The molecule has 2 aromatic carbocycles. The van der Waals surface area contributed by atoms with E-state index in [0.29, 0.717) is 21.4 Å². The van der Waals surface area contributed by atoms with E-state index < -0.39 is 0 Å². The van der Waals surface area contributed by atoms with Crippen LogP contribution < -0.4 is 15.8 Å². The summed E-state index contributed by atoms with van der Waals surface area (Å²) in [5.74, 6) is 1.18. The van der Waals surface area contributed by atoms with Gasteiger partial charge in [0.05, 0.1) is 17.1 Å². The molecule has 9 heteroatoms. The summed E-state index contributed by atoms with van der Waals surface area (Å²) in [6, 6.07) is 13.2. The summed E-state index contributed by atoms with van der Waals surface area (Å²) in [5.41, 5.74) is 11.4. The topological polar surface area (TPSA) is 96.1 Å².